The van der Waals surface area contributed by atoms with Gasteiger partial charge in [0.2, 0.25) is 5.91 Å². The summed E-state index contributed by atoms with van der Waals surface area (Å²) < 4.78 is 40.9. The predicted octanol–water partition coefficient (Wildman–Crippen LogP) is 4.43. The Balaban J connectivity index is 1.82. The number of halogens is 5. The third kappa shape index (κ3) is 4.28. The lowest BCUT2D eigenvalue weighted by atomic mass is 10.0. The molecule has 1 amide bonds. The van der Waals surface area contributed by atoms with Crippen molar-refractivity contribution in [2.75, 3.05) is 36.8 Å². The van der Waals surface area contributed by atoms with Crippen LogP contribution in [0.25, 0.3) is 22.2 Å². The molecule has 1 aromatic carbocycles. The van der Waals surface area contributed by atoms with Crippen LogP contribution in [0.3, 0.4) is 0 Å². The number of aromatic nitrogens is 3. The Morgan fingerprint density at radius 1 is 1.15 bits per heavy atom. The van der Waals surface area contributed by atoms with Gasteiger partial charge in [0.05, 0.1) is 26.8 Å². The van der Waals surface area contributed by atoms with Crippen LogP contribution in [-0.2, 0) is 11.0 Å². The quantitative estimate of drug-likeness (QED) is 0.539. The molecule has 2 N–H and O–H groups in total. The third-order valence-electron chi connectivity index (χ3n) is 5.32. The molecule has 0 spiro atoms. The summed E-state index contributed by atoms with van der Waals surface area (Å²) >= 11 is 13.0. The van der Waals surface area contributed by atoms with Gasteiger partial charge in [-0.3, -0.25) is 4.79 Å². The topological polar surface area (TPSA) is 88.2 Å². The lowest BCUT2D eigenvalue weighted by Gasteiger charge is -2.35. The summed E-state index contributed by atoms with van der Waals surface area (Å²) in [5.74, 6) is 0.242. The number of pyridine rings is 1. The number of benzene rings is 1. The number of carbonyl (C=O) groups is 1. The summed E-state index contributed by atoms with van der Waals surface area (Å²) in [5, 5.41) is 0.329. The van der Waals surface area contributed by atoms with E-state index in [1.54, 1.807) is 4.90 Å². The minimum absolute atomic E-state index is 0.0485. The highest BCUT2D eigenvalue weighted by atomic mass is 35.5. The summed E-state index contributed by atoms with van der Waals surface area (Å²) in [7, 11) is 0. The maximum atomic E-state index is 13.6. The van der Waals surface area contributed by atoms with Crippen LogP contribution >= 0.6 is 23.2 Å². The standard InChI is InChI=1S/C21H17Cl2F3N6O/c1-2-15(33)31-5-7-32(8-6-31)20-11-9-13(22)16(17(23)18(11)28-10-29-20)19-12(21(24,25)26)3-4-14(27)30-19/h2-4,9-10H,1,5-8H2,(H2,27,30). The molecule has 0 unspecified atom stereocenters. The molecule has 33 heavy (non-hydrogen) atoms. The number of nitrogens with two attached hydrogens (primary N) is 1. The van der Waals surface area contributed by atoms with E-state index in [-0.39, 0.29) is 32.9 Å². The van der Waals surface area contributed by atoms with Gasteiger partial charge in [0.25, 0.3) is 0 Å². The molecule has 1 aliphatic rings. The molecule has 0 saturated carbocycles. The fourth-order valence-electron chi connectivity index (χ4n) is 3.75. The molecule has 0 radical (unpaired) electrons. The number of nitrogen functional groups attached to an aromatic ring is 1. The molecular formula is C21H17Cl2F3N6O. The van der Waals surface area contributed by atoms with E-state index in [1.165, 1.54) is 18.5 Å². The molecule has 7 nitrogen and oxygen atoms in total. The first-order chi connectivity index (χ1) is 15.6. The fourth-order valence-corrected chi connectivity index (χ4v) is 4.43. The predicted molar refractivity (Wildman–Crippen MR) is 121 cm³/mol. The van der Waals surface area contributed by atoms with Crippen molar-refractivity contribution in [3.8, 4) is 11.3 Å². The normalized spacial score (nSPS) is 14.6. The molecule has 4 rings (SSSR count). The van der Waals surface area contributed by atoms with Gasteiger partial charge in [0.15, 0.2) is 0 Å². The Kier molecular flexibility index (Phi) is 6.06. The van der Waals surface area contributed by atoms with Crippen LogP contribution in [0, 0.1) is 0 Å². The van der Waals surface area contributed by atoms with Crippen molar-refractivity contribution in [3.63, 3.8) is 0 Å². The SMILES string of the molecule is C=CC(=O)N1CCN(c2ncnc3c(Cl)c(-c4nc(N)ccc4C(F)(F)F)c(Cl)cc23)CC1. The second-order valence-corrected chi connectivity index (χ2v) is 8.07. The van der Waals surface area contributed by atoms with E-state index in [9.17, 15) is 18.0 Å². The molecule has 0 atom stereocenters. The molecule has 12 heteroatoms. The van der Waals surface area contributed by atoms with Crippen molar-refractivity contribution in [1.82, 2.24) is 19.9 Å². The Bertz CT molecular complexity index is 1260. The first kappa shape index (κ1) is 23.1. The van der Waals surface area contributed by atoms with Gasteiger partial charge in [-0.25, -0.2) is 15.0 Å². The average Bonchev–Trinajstić information content (AvgIpc) is 2.77. The number of anilines is 2. The Labute approximate surface area is 196 Å². The number of nitrogens with zero attached hydrogens (tertiary/aromatic N) is 5. The van der Waals surface area contributed by atoms with Gasteiger partial charge in [0, 0.05) is 37.1 Å². The van der Waals surface area contributed by atoms with Crippen molar-refractivity contribution in [1.29, 1.82) is 0 Å². The molecule has 0 bridgehead atoms. The van der Waals surface area contributed by atoms with Gasteiger partial charge < -0.3 is 15.5 Å². The van der Waals surface area contributed by atoms with Crippen LogP contribution in [-0.4, -0.2) is 51.9 Å². The van der Waals surface area contributed by atoms with Crippen LogP contribution in [0.1, 0.15) is 5.56 Å². The monoisotopic (exact) mass is 496 g/mol. The smallest absolute Gasteiger partial charge is 0.384 e. The van der Waals surface area contributed by atoms with E-state index in [0.29, 0.717) is 37.4 Å². The van der Waals surface area contributed by atoms with Gasteiger partial charge >= 0.3 is 6.18 Å². The molecule has 0 aliphatic carbocycles. The van der Waals surface area contributed by atoms with Crippen molar-refractivity contribution in [2.24, 2.45) is 0 Å². The highest BCUT2D eigenvalue weighted by Crippen LogP contribution is 2.45. The number of rotatable bonds is 3. The van der Waals surface area contributed by atoms with Crippen molar-refractivity contribution >= 4 is 51.6 Å². The summed E-state index contributed by atoms with van der Waals surface area (Å²) in [4.78, 5) is 27.8. The summed E-state index contributed by atoms with van der Waals surface area (Å²) in [6.07, 6.45) is -2.16. The lowest BCUT2D eigenvalue weighted by molar-refractivity contribution is -0.137. The molecule has 1 saturated heterocycles. The van der Waals surface area contributed by atoms with E-state index in [0.717, 1.165) is 12.1 Å². The Hall–Kier alpha value is -3.11. The Morgan fingerprint density at radius 2 is 1.85 bits per heavy atom. The zero-order chi connectivity index (χ0) is 23.9. The molecule has 3 aromatic rings. The second kappa shape index (κ2) is 8.68. The van der Waals surface area contributed by atoms with E-state index >= 15 is 0 Å². The van der Waals surface area contributed by atoms with E-state index < -0.39 is 17.4 Å². The van der Waals surface area contributed by atoms with Crippen LogP contribution in [0.2, 0.25) is 10.0 Å². The minimum Gasteiger partial charge on any atom is -0.384 e. The average molecular weight is 497 g/mol. The summed E-state index contributed by atoms with van der Waals surface area (Å²) in [6, 6.07) is 3.37. The maximum absolute atomic E-state index is 13.6. The number of piperazine rings is 1. The van der Waals surface area contributed by atoms with Crippen LogP contribution in [0.15, 0.2) is 37.2 Å². The van der Waals surface area contributed by atoms with Gasteiger partial charge in [-0.2, -0.15) is 13.2 Å². The molecule has 172 valence electrons. The molecule has 1 aliphatic heterocycles. The highest BCUT2D eigenvalue weighted by Gasteiger charge is 2.36. The Morgan fingerprint density at radius 3 is 2.48 bits per heavy atom. The lowest BCUT2D eigenvalue weighted by Crippen LogP contribution is -2.48. The van der Waals surface area contributed by atoms with Crippen molar-refractivity contribution < 1.29 is 18.0 Å². The molecular weight excluding hydrogens is 480 g/mol. The zero-order valence-electron chi connectivity index (χ0n) is 17.0. The van der Waals surface area contributed by atoms with Crippen molar-refractivity contribution in [2.45, 2.75) is 6.18 Å². The van der Waals surface area contributed by atoms with Crippen LogP contribution in [0.4, 0.5) is 24.8 Å². The summed E-state index contributed by atoms with van der Waals surface area (Å²) in [5.41, 5.74) is 4.27. The number of amides is 1. The summed E-state index contributed by atoms with van der Waals surface area (Å²) in [6.45, 7) is 5.38. The number of hydrogen-bond donors (Lipinski definition) is 1. The van der Waals surface area contributed by atoms with E-state index in [4.69, 9.17) is 28.9 Å². The van der Waals surface area contributed by atoms with Gasteiger partial charge in [0.1, 0.15) is 18.0 Å². The number of fused-ring (bicyclic) bond motifs is 1. The first-order valence-electron chi connectivity index (χ1n) is 9.75. The molecule has 2 aromatic heterocycles. The number of carbonyl (C=O) groups excluding carboxylic acids is 1. The first-order valence-corrected chi connectivity index (χ1v) is 10.5. The molecule has 3 heterocycles. The van der Waals surface area contributed by atoms with Gasteiger partial charge in [-0.15, -0.1) is 0 Å². The second-order valence-electron chi connectivity index (χ2n) is 7.29. The maximum Gasteiger partial charge on any atom is 0.418 e. The minimum atomic E-state index is -4.70. The van der Waals surface area contributed by atoms with Gasteiger partial charge in [-0.1, -0.05) is 29.8 Å². The number of hydrogen-bond acceptors (Lipinski definition) is 6. The zero-order valence-corrected chi connectivity index (χ0v) is 18.5. The van der Waals surface area contributed by atoms with Crippen LogP contribution < -0.4 is 10.6 Å². The highest BCUT2D eigenvalue weighted by molar-refractivity contribution is 6.43. The van der Waals surface area contributed by atoms with Crippen LogP contribution in [0.5, 0.6) is 0 Å². The van der Waals surface area contributed by atoms with Gasteiger partial charge in [-0.05, 0) is 24.3 Å². The largest absolute Gasteiger partial charge is 0.418 e. The third-order valence-corrected chi connectivity index (χ3v) is 5.99. The van der Waals surface area contributed by atoms with E-state index in [1.807, 2.05) is 4.90 Å². The molecule has 1 fully saturated rings. The van der Waals surface area contributed by atoms with Crippen molar-refractivity contribution in [3.05, 3.63) is 52.8 Å². The number of alkyl halides is 3. The van der Waals surface area contributed by atoms with E-state index in [2.05, 4.69) is 21.5 Å². The fraction of sp³-hybridized carbons (Fsp3) is 0.238.